The normalized spacial score (nSPS) is 15.5. The van der Waals surface area contributed by atoms with Crippen molar-refractivity contribution in [2.24, 2.45) is 0 Å². The number of aryl methyl sites for hydroxylation is 1. The van der Waals surface area contributed by atoms with E-state index < -0.39 is 12.0 Å². The van der Waals surface area contributed by atoms with Crippen molar-refractivity contribution < 1.29 is 9.50 Å². The van der Waals surface area contributed by atoms with E-state index >= 15 is 4.39 Å². The van der Waals surface area contributed by atoms with Crippen molar-refractivity contribution in [1.29, 1.82) is 0 Å². The molecule has 4 rings (SSSR count). The summed E-state index contributed by atoms with van der Waals surface area (Å²) < 4.78 is 15.4. The van der Waals surface area contributed by atoms with Crippen LogP contribution in [0, 0.1) is 17.7 Å². The van der Waals surface area contributed by atoms with Crippen molar-refractivity contribution in [3.8, 4) is 23.1 Å². The van der Waals surface area contributed by atoms with Crippen molar-refractivity contribution >= 4 is 17.4 Å². The highest BCUT2D eigenvalue weighted by molar-refractivity contribution is 6.31. The number of nitrogen functional groups attached to an aromatic ring is 1. The molecule has 1 aromatic carbocycles. The molecule has 1 atom stereocenters. The molecule has 1 fully saturated rings. The molecule has 182 valence electrons. The molecule has 0 radical (unpaired) electrons. The lowest BCUT2D eigenvalue weighted by atomic mass is 10.0. The molecule has 7 nitrogen and oxygen atoms in total. The van der Waals surface area contributed by atoms with Gasteiger partial charge in [0.15, 0.2) is 0 Å². The van der Waals surface area contributed by atoms with Gasteiger partial charge in [0.05, 0.1) is 22.0 Å². The van der Waals surface area contributed by atoms with Crippen molar-refractivity contribution in [3.63, 3.8) is 0 Å². The second-order valence-electron chi connectivity index (χ2n) is 8.32. The van der Waals surface area contributed by atoms with Crippen molar-refractivity contribution in [2.45, 2.75) is 26.5 Å². The number of nitrogens with zero attached hydrogens (tertiary/aromatic N) is 5. The van der Waals surface area contributed by atoms with Crippen LogP contribution in [0.1, 0.15) is 42.5 Å². The van der Waals surface area contributed by atoms with E-state index in [-0.39, 0.29) is 10.6 Å². The van der Waals surface area contributed by atoms with E-state index in [1.807, 2.05) is 11.8 Å². The van der Waals surface area contributed by atoms with Crippen molar-refractivity contribution in [1.82, 2.24) is 24.8 Å². The lowest BCUT2D eigenvalue weighted by Gasteiger charge is -2.37. The second kappa shape index (κ2) is 11.1. The highest BCUT2D eigenvalue weighted by Gasteiger charge is 2.27. The van der Waals surface area contributed by atoms with Gasteiger partial charge in [-0.1, -0.05) is 37.3 Å². The van der Waals surface area contributed by atoms with Crippen LogP contribution in [0.15, 0.2) is 36.8 Å². The monoisotopic (exact) mass is 494 g/mol. The number of anilines is 1. The lowest BCUT2D eigenvalue weighted by Crippen LogP contribution is -2.47. The molecule has 1 unspecified atom stereocenters. The molecular weight excluding hydrogens is 467 g/mol. The summed E-state index contributed by atoms with van der Waals surface area (Å²) in [5, 5.41) is 11.1. The highest BCUT2D eigenvalue weighted by atomic mass is 35.5. The number of likely N-dealkylation sites (N-methyl/N-ethyl adjacent to an activating group) is 1. The predicted molar refractivity (Wildman–Crippen MR) is 135 cm³/mol. The first-order valence-corrected chi connectivity index (χ1v) is 12.0. The zero-order valence-electron chi connectivity index (χ0n) is 19.8. The maximum Gasteiger partial charge on any atom is 0.137 e. The Bertz CT molecular complexity index is 1230. The van der Waals surface area contributed by atoms with Gasteiger partial charge in [-0.05, 0) is 37.2 Å². The minimum absolute atomic E-state index is 0.0747. The molecule has 1 saturated heterocycles. The topological polar surface area (TPSA) is 91.4 Å². The summed E-state index contributed by atoms with van der Waals surface area (Å²) in [6.45, 7) is 7.92. The van der Waals surface area contributed by atoms with E-state index in [2.05, 4.69) is 38.6 Å². The third kappa shape index (κ3) is 5.60. The molecule has 3 N–H and O–H groups in total. The molecule has 2 aromatic heterocycles. The smallest absolute Gasteiger partial charge is 0.137 e. The summed E-state index contributed by atoms with van der Waals surface area (Å²) >= 11 is 6.53. The summed E-state index contributed by atoms with van der Waals surface area (Å²) in [7, 11) is 0. The molecule has 1 aliphatic heterocycles. The standard InChI is InChI=1S/C26H28ClFN6O/c1-3-22-19(7-5-17-6-8-23(29)30-15-17)25(32-16-31-22)18-13-20(27)24(21(28)14-18)26(35)34-11-9-33(4-2)10-12-34/h6,8,13-16,26,35H,3-4,9-12H2,1-2H3,(H2,29,30). The molecule has 0 aliphatic carbocycles. The summed E-state index contributed by atoms with van der Waals surface area (Å²) in [4.78, 5) is 16.9. The van der Waals surface area contributed by atoms with Crippen LogP contribution in [0.4, 0.5) is 10.2 Å². The van der Waals surface area contributed by atoms with Gasteiger partial charge in [-0.15, -0.1) is 0 Å². The summed E-state index contributed by atoms with van der Waals surface area (Å²) in [6.07, 6.45) is 2.52. The van der Waals surface area contributed by atoms with Crippen LogP contribution in [-0.4, -0.2) is 62.6 Å². The number of hydrogen-bond donors (Lipinski definition) is 2. The van der Waals surface area contributed by atoms with Gasteiger partial charge < -0.3 is 15.7 Å². The average molecular weight is 495 g/mol. The van der Waals surface area contributed by atoms with E-state index in [0.29, 0.717) is 47.7 Å². The molecular formula is C26H28ClFN6O. The molecule has 9 heteroatoms. The maximum absolute atomic E-state index is 15.4. The summed E-state index contributed by atoms with van der Waals surface area (Å²) in [6, 6.07) is 6.43. The van der Waals surface area contributed by atoms with Crippen LogP contribution >= 0.6 is 11.6 Å². The molecule has 3 heterocycles. The number of aromatic nitrogens is 3. The fraction of sp³-hybridized carbons (Fsp3) is 0.346. The van der Waals surface area contributed by atoms with Gasteiger partial charge >= 0.3 is 0 Å². The first kappa shape index (κ1) is 25.0. The summed E-state index contributed by atoms with van der Waals surface area (Å²) in [5.41, 5.74) is 8.68. The molecule has 35 heavy (non-hydrogen) atoms. The van der Waals surface area contributed by atoms with Crippen LogP contribution in [0.5, 0.6) is 0 Å². The van der Waals surface area contributed by atoms with Crippen LogP contribution in [0.3, 0.4) is 0 Å². The fourth-order valence-electron chi connectivity index (χ4n) is 4.13. The van der Waals surface area contributed by atoms with Crippen molar-refractivity contribution in [3.05, 3.63) is 70.0 Å². The minimum Gasteiger partial charge on any atom is -0.384 e. The number of aliphatic hydroxyl groups is 1. The number of halogens is 2. The van der Waals surface area contributed by atoms with Gasteiger partial charge in [0, 0.05) is 49.1 Å². The van der Waals surface area contributed by atoms with Gasteiger partial charge in [-0.3, -0.25) is 4.90 Å². The zero-order valence-corrected chi connectivity index (χ0v) is 20.6. The number of benzene rings is 1. The van der Waals surface area contributed by atoms with Crippen LogP contribution in [0.2, 0.25) is 5.02 Å². The van der Waals surface area contributed by atoms with E-state index in [9.17, 15) is 5.11 Å². The van der Waals surface area contributed by atoms with Crippen LogP contribution in [-0.2, 0) is 6.42 Å². The van der Waals surface area contributed by atoms with Gasteiger partial charge in [0.1, 0.15) is 24.2 Å². The Labute approximate surface area is 209 Å². The predicted octanol–water partition coefficient (Wildman–Crippen LogP) is 3.50. The lowest BCUT2D eigenvalue weighted by molar-refractivity contribution is -0.0283. The molecule has 0 bridgehead atoms. The quantitative estimate of drug-likeness (QED) is 0.524. The Morgan fingerprint density at radius 2 is 1.89 bits per heavy atom. The number of aliphatic hydroxyl groups excluding tert-OH is 1. The molecule has 0 amide bonds. The number of pyridine rings is 1. The Balaban J connectivity index is 1.69. The Hall–Kier alpha value is -3.09. The molecule has 0 saturated carbocycles. The van der Waals surface area contributed by atoms with Gasteiger partial charge in [-0.25, -0.2) is 19.3 Å². The minimum atomic E-state index is -1.12. The number of rotatable bonds is 5. The number of piperazine rings is 1. The average Bonchev–Trinajstić information content (AvgIpc) is 2.87. The second-order valence-corrected chi connectivity index (χ2v) is 8.72. The first-order chi connectivity index (χ1) is 16.9. The zero-order chi connectivity index (χ0) is 24.9. The number of nitrogens with two attached hydrogens (primary N) is 1. The molecule has 1 aliphatic rings. The SMILES string of the molecule is CCc1ncnc(-c2cc(F)c(C(O)N3CCN(CC)CC3)c(Cl)c2)c1C#Cc1ccc(N)nc1. The Morgan fingerprint density at radius 3 is 2.51 bits per heavy atom. The van der Waals surface area contributed by atoms with E-state index in [0.717, 1.165) is 25.3 Å². The number of hydrogen-bond acceptors (Lipinski definition) is 7. The van der Waals surface area contributed by atoms with Crippen molar-refractivity contribution in [2.75, 3.05) is 38.5 Å². The van der Waals surface area contributed by atoms with E-state index in [1.54, 1.807) is 24.4 Å². The largest absolute Gasteiger partial charge is 0.384 e. The van der Waals surface area contributed by atoms with Crippen LogP contribution < -0.4 is 5.73 Å². The summed E-state index contributed by atoms with van der Waals surface area (Å²) in [5.74, 6) is 6.00. The Morgan fingerprint density at radius 1 is 1.11 bits per heavy atom. The van der Waals surface area contributed by atoms with Gasteiger partial charge in [0.25, 0.3) is 0 Å². The highest BCUT2D eigenvalue weighted by Crippen LogP contribution is 2.34. The molecule has 0 spiro atoms. The third-order valence-electron chi connectivity index (χ3n) is 6.19. The van der Waals surface area contributed by atoms with Gasteiger partial charge in [-0.2, -0.15) is 0 Å². The third-order valence-corrected chi connectivity index (χ3v) is 6.50. The van der Waals surface area contributed by atoms with Gasteiger partial charge in [0.2, 0.25) is 0 Å². The van der Waals surface area contributed by atoms with Crippen LogP contribution in [0.25, 0.3) is 11.3 Å². The Kier molecular flexibility index (Phi) is 7.93. The maximum atomic E-state index is 15.4. The van der Waals surface area contributed by atoms with E-state index in [1.165, 1.54) is 12.4 Å². The van der Waals surface area contributed by atoms with E-state index in [4.69, 9.17) is 17.3 Å². The fourth-order valence-corrected chi connectivity index (χ4v) is 4.43. The first-order valence-electron chi connectivity index (χ1n) is 11.6. The molecule has 3 aromatic rings.